The standard InChI is InChI=1S/C71H122O6/c1-4-7-10-13-16-19-22-25-27-29-31-32-33-34-35-36-37-38-40-41-43-46-49-52-55-58-61-64-70(73)76-67-68(66-75-69(72)63-60-57-54-51-48-45-24-21-18-15-12-9-6-3)77-71(74)65-62-59-56-53-50-47-44-42-39-30-28-26-23-20-17-14-11-8-5-2/h9,12,17-18,20-22,25-26,28-29,31,39,42,45,48,68H,4-8,10-11,13-16,19,23-24,27,30,32-38,40-41,43-44,46-47,49-67H2,1-3H3/b12-9-,20-17-,21-18-,25-22-,28-26-,31-29-,42-39-,48-45-. The molecule has 6 nitrogen and oxygen atoms in total. The SMILES string of the molecule is CC/C=C\C/C=C\C/C=C\CCCCCC(=O)OCC(COC(=O)CCCCCCCCCCCCCCCCC/C=C\C/C=C\CCCCCCC)OC(=O)CCCCCCCC/C=C\C/C=C\C/C=C\CCCCC. The second-order valence-corrected chi connectivity index (χ2v) is 21.6. The maximum Gasteiger partial charge on any atom is 0.306 e. The van der Waals surface area contributed by atoms with Gasteiger partial charge >= 0.3 is 17.9 Å². The van der Waals surface area contributed by atoms with Crippen LogP contribution in [0.4, 0.5) is 0 Å². The summed E-state index contributed by atoms with van der Waals surface area (Å²) in [5.74, 6) is -0.926. The van der Waals surface area contributed by atoms with E-state index in [1.807, 2.05) is 0 Å². The van der Waals surface area contributed by atoms with E-state index in [1.54, 1.807) is 0 Å². The van der Waals surface area contributed by atoms with E-state index in [2.05, 4.69) is 118 Å². The van der Waals surface area contributed by atoms with Crippen LogP contribution in [0.5, 0.6) is 0 Å². The zero-order valence-corrected chi connectivity index (χ0v) is 50.7. The van der Waals surface area contributed by atoms with Gasteiger partial charge in [0.05, 0.1) is 0 Å². The Morgan fingerprint density at radius 3 is 0.831 bits per heavy atom. The quantitative estimate of drug-likeness (QED) is 0.0261. The van der Waals surface area contributed by atoms with Gasteiger partial charge in [-0.3, -0.25) is 14.4 Å². The minimum Gasteiger partial charge on any atom is -0.462 e. The Morgan fingerprint density at radius 2 is 0.506 bits per heavy atom. The van der Waals surface area contributed by atoms with Crippen molar-refractivity contribution in [3.05, 3.63) is 97.2 Å². The van der Waals surface area contributed by atoms with Crippen LogP contribution in [0, 0.1) is 0 Å². The summed E-state index contributed by atoms with van der Waals surface area (Å²) >= 11 is 0. The molecule has 77 heavy (non-hydrogen) atoms. The predicted octanol–water partition coefficient (Wildman–Crippen LogP) is 22.4. The highest BCUT2D eigenvalue weighted by molar-refractivity contribution is 5.71. The molecule has 0 aliphatic rings. The summed E-state index contributed by atoms with van der Waals surface area (Å²) in [5.41, 5.74) is 0. The third-order valence-electron chi connectivity index (χ3n) is 14.0. The average molecular weight is 1070 g/mol. The molecule has 1 unspecified atom stereocenters. The lowest BCUT2D eigenvalue weighted by atomic mass is 10.0. The molecular weight excluding hydrogens is 949 g/mol. The Balaban J connectivity index is 4.30. The van der Waals surface area contributed by atoms with E-state index in [0.29, 0.717) is 19.3 Å². The number of ether oxygens (including phenoxy) is 3. The van der Waals surface area contributed by atoms with Crippen molar-refractivity contribution >= 4 is 17.9 Å². The number of carbonyl (C=O) groups excluding carboxylic acids is 3. The number of hydrogen-bond donors (Lipinski definition) is 0. The van der Waals surface area contributed by atoms with E-state index < -0.39 is 6.10 Å². The van der Waals surface area contributed by atoms with Crippen molar-refractivity contribution in [2.24, 2.45) is 0 Å². The van der Waals surface area contributed by atoms with Crippen LogP contribution in [0.3, 0.4) is 0 Å². The Hall–Kier alpha value is -3.67. The molecule has 0 spiro atoms. The van der Waals surface area contributed by atoms with Crippen molar-refractivity contribution in [3.63, 3.8) is 0 Å². The van der Waals surface area contributed by atoms with Crippen LogP contribution >= 0.6 is 0 Å². The van der Waals surface area contributed by atoms with Gasteiger partial charge in [-0.1, -0.05) is 272 Å². The lowest BCUT2D eigenvalue weighted by Gasteiger charge is -2.18. The Morgan fingerprint density at radius 1 is 0.273 bits per heavy atom. The van der Waals surface area contributed by atoms with Crippen LogP contribution in [0.1, 0.15) is 316 Å². The number of esters is 3. The van der Waals surface area contributed by atoms with Crippen molar-refractivity contribution < 1.29 is 28.6 Å². The zero-order valence-electron chi connectivity index (χ0n) is 50.7. The zero-order chi connectivity index (χ0) is 55.7. The van der Waals surface area contributed by atoms with Crippen molar-refractivity contribution in [2.75, 3.05) is 13.2 Å². The van der Waals surface area contributed by atoms with Gasteiger partial charge < -0.3 is 14.2 Å². The summed E-state index contributed by atoms with van der Waals surface area (Å²) in [6, 6.07) is 0. The van der Waals surface area contributed by atoms with Crippen molar-refractivity contribution in [1.82, 2.24) is 0 Å². The van der Waals surface area contributed by atoms with Crippen LogP contribution in [-0.2, 0) is 28.6 Å². The summed E-state index contributed by atoms with van der Waals surface area (Å²) in [6.07, 6.45) is 87.1. The average Bonchev–Trinajstić information content (AvgIpc) is 3.43. The third-order valence-corrected chi connectivity index (χ3v) is 14.0. The molecule has 0 amide bonds. The molecule has 0 N–H and O–H groups in total. The molecule has 442 valence electrons. The number of hydrogen-bond acceptors (Lipinski definition) is 6. The lowest BCUT2D eigenvalue weighted by Crippen LogP contribution is -2.30. The second-order valence-electron chi connectivity index (χ2n) is 21.6. The molecule has 0 rings (SSSR count). The van der Waals surface area contributed by atoms with Crippen LogP contribution in [0.15, 0.2) is 97.2 Å². The predicted molar refractivity (Wildman–Crippen MR) is 334 cm³/mol. The number of carbonyl (C=O) groups is 3. The summed E-state index contributed by atoms with van der Waals surface area (Å²) in [4.78, 5) is 38.3. The van der Waals surface area contributed by atoms with Gasteiger partial charge in [-0.05, 0) is 122 Å². The minimum absolute atomic E-state index is 0.0915. The van der Waals surface area contributed by atoms with E-state index in [4.69, 9.17) is 14.2 Å². The molecule has 0 aliphatic heterocycles. The van der Waals surface area contributed by atoms with Gasteiger partial charge in [0.1, 0.15) is 13.2 Å². The fraction of sp³-hybridized carbons (Fsp3) is 0.732. The minimum atomic E-state index is -0.798. The Bertz CT molecular complexity index is 1510. The molecule has 0 bridgehead atoms. The number of unbranched alkanes of at least 4 members (excludes halogenated alkanes) is 32. The highest BCUT2D eigenvalue weighted by Crippen LogP contribution is 2.16. The summed E-state index contributed by atoms with van der Waals surface area (Å²) in [5, 5.41) is 0. The molecule has 0 aromatic heterocycles. The molecule has 0 aromatic carbocycles. The van der Waals surface area contributed by atoms with Gasteiger partial charge in [-0.2, -0.15) is 0 Å². The third kappa shape index (κ3) is 63.0. The number of allylic oxidation sites excluding steroid dienone is 16. The van der Waals surface area contributed by atoms with Crippen LogP contribution in [0.25, 0.3) is 0 Å². The van der Waals surface area contributed by atoms with E-state index >= 15 is 0 Å². The second kappa shape index (κ2) is 64.9. The monoisotopic (exact) mass is 1070 g/mol. The Kier molecular flexibility index (Phi) is 61.8. The summed E-state index contributed by atoms with van der Waals surface area (Å²) in [6.45, 7) is 6.48. The van der Waals surface area contributed by atoms with Gasteiger partial charge in [0, 0.05) is 19.3 Å². The maximum absolute atomic E-state index is 12.9. The molecule has 0 aliphatic carbocycles. The first kappa shape index (κ1) is 73.3. The fourth-order valence-electron chi connectivity index (χ4n) is 9.14. The first-order valence-corrected chi connectivity index (χ1v) is 32.7. The molecule has 0 saturated heterocycles. The molecule has 0 fully saturated rings. The summed E-state index contributed by atoms with van der Waals surface area (Å²) < 4.78 is 16.9. The molecular formula is C71H122O6. The largest absolute Gasteiger partial charge is 0.462 e. The Labute approximate surface area is 477 Å². The molecule has 0 radical (unpaired) electrons. The van der Waals surface area contributed by atoms with Gasteiger partial charge in [0.25, 0.3) is 0 Å². The van der Waals surface area contributed by atoms with E-state index in [-0.39, 0.29) is 31.1 Å². The first-order chi connectivity index (χ1) is 38.0. The van der Waals surface area contributed by atoms with Gasteiger partial charge in [0.15, 0.2) is 6.10 Å². The molecule has 1 atom stereocenters. The highest BCUT2D eigenvalue weighted by Gasteiger charge is 2.19. The highest BCUT2D eigenvalue weighted by atomic mass is 16.6. The van der Waals surface area contributed by atoms with E-state index in [1.165, 1.54) is 161 Å². The van der Waals surface area contributed by atoms with Crippen molar-refractivity contribution in [2.45, 2.75) is 322 Å². The van der Waals surface area contributed by atoms with E-state index in [0.717, 1.165) is 116 Å². The first-order valence-electron chi connectivity index (χ1n) is 32.7. The maximum atomic E-state index is 12.9. The van der Waals surface area contributed by atoms with Gasteiger partial charge in [-0.25, -0.2) is 0 Å². The van der Waals surface area contributed by atoms with E-state index in [9.17, 15) is 14.4 Å². The summed E-state index contributed by atoms with van der Waals surface area (Å²) in [7, 11) is 0. The lowest BCUT2D eigenvalue weighted by molar-refractivity contribution is -0.167. The topological polar surface area (TPSA) is 78.9 Å². The van der Waals surface area contributed by atoms with Crippen molar-refractivity contribution in [1.29, 1.82) is 0 Å². The molecule has 0 saturated carbocycles. The van der Waals surface area contributed by atoms with Crippen molar-refractivity contribution in [3.8, 4) is 0 Å². The molecule has 6 heteroatoms. The van der Waals surface area contributed by atoms with Crippen LogP contribution in [0.2, 0.25) is 0 Å². The fourth-order valence-corrected chi connectivity index (χ4v) is 9.14. The normalized spacial score (nSPS) is 12.7. The van der Waals surface area contributed by atoms with Crippen LogP contribution in [-0.4, -0.2) is 37.2 Å². The smallest absolute Gasteiger partial charge is 0.306 e. The molecule has 0 aromatic rings. The number of rotatable bonds is 59. The van der Waals surface area contributed by atoms with Crippen LogP contribution < -0.4 is 0 Å². The van der Waals surface area contributed by atoms with Gasteiger partial charge in [0.2, 0.25) is 0 Å². The molecule has 0 heterocycles. The van der Waals surface area contributed by atoms with Gasteiger partial charge in [-0.15, -0.1) is 0 Å².